The minimum atomic E-state index is -1.13. The van der Waals surface area contributed by atoms with E-state index in [9.17, 15) is 29.8 Å². The van der Waals surface area contributed by atoms with Crippen LogP contribution in [0.25, 0.3) is 0 Å². The van der Waals surface area contributed by atoms with E-state index in [-0.39, 0.29) is 16.8 Å². The van der Waals surface area contributed by atoms with Crippen molar-refractivity contribution in [3.63, 3.8) is 0 Å². The molecule has 10 heteroatoms. The number of aryl methyl sites for hydroxylation is 1. The Morgan fingerprint density at radius 3 is 1.96 bits per heavy atom. The van der Waals surface area contributed by atoms with Crippen molar-refractivity contribution in [2.75, 3.05) is 5.32 Å². The maximum atomic E-state index is 12.3. The minimum Gasteiger partial charge on any atom is -0.478 e. The molecule has 0 fully saturated rings. The molecule has 1 amide bonds. The third kappa shape index (κ3) is 3.93. The first kappa shape index (κ1) is 17.5. The SMILES string of the molecule is Cc1cc(C(=O)O)ccc1NC(=O)c1cc([N+](=O)[O-])cc([N+](=O)[O-])c1. The molecule has 25 heavy (non-hydrogen) atoms. The fourth-order valence-corrected chi connectivity index (χ4v) is 2.07. The van der Waals surface area contributed by atoms with Crippen molar-refractivity contribution in [1.29, 1.82) is 0 Å². The number of hydrogen-bond donors (Lipinski definition) is 2. The Bertz CT molecular complexity index is 876. The molecule has 0 aromatic heterocycles. The van der Waals surface area contributed by atoms with E-state index in [0.29, 0.717) is 5.56 Å². The van der Waals surface area contributed by atoms with Crippen molar-refractivity contribution in [2.45, 2.75) is 6.92 Å². The normalized spacial score (nSPS) is 10.1. The van der Waals surface area contributed by atoms with Gasteiger partial charge in [0.05, 0.1) is 27.0 Å². The summed E-state index contributed by atoms with van der Waals surface area (Å²) in [5, 5.41) is 33.1. The van der Waals surface area contributed by atoms with Crippen LogP contribution in [0, 0.1) is 27.2 Å². The van der Waals surface area contributed by atoms with Gasteiger partial charge >= 0.3 is 5.97 Å². The summed E-state index contributed by atoms with van der Waals surface area (Å²) in [6.07, 6.45) is 0. The van der Waals surface area contributed by atoms with Crippen LogP contribution in [0.1, 0.15) is 26.3 Å². The first-order valence-electron chi connectivity index (χ1n) is 6.78. The van der Waals surface area contributed by atoms with Gasteiger partial charge < -0.3 is 10.4 Å². The van der Waals surface area contributed by atoms with Gasteiger partial charge in [0, 0.05) is 17.8 Å². The number of carbonyl (C=O) groups excluding carboxylic acids is 1. The topological polar surface area (TPSA) is 153 Å². The van der Waals surface area contributed by atoms with Gasteiger partial charge in [-0.05, 0) is 30.7 Å². The number of carboxylic acids is 1. The Morgan fingerprint density at radius 2 is 1.52 bits per heavy atom. The number of carboxylic acid groups (broad SMARTS) is 1. The maximum Gasteiger partial charge on any atom is 0.335 e. The number of carbonyl (C=O) groups is 2. The second-order valence-electron chi connectivity index (χ2n) is 5.04. The van der Waals surface area contributed by atoms with Crippen LogP contribution in [0.3, 0.4) is 0 Å². The number of nitrogens with one attached hydrogen (secondary N) is 1. The maximum absolute atomic E-state index is 12.3. The molecule has 2 rings (SSSR count). The summed E-state index contributed by atoms with van der Waals surface area (Å²) >= 11 is 0. The van der Waals surface area contributed by atoms with Crippen molar-refractivity contribution >= 4 is 28.9 Å². The number of anilines is 1. The van der Waals surface area contributed by atoms with Gasteiger partial charge in [-0.2, -0.15) is 0 Å². The van der Waals surface area contributed by atoms with Gasteiger partial charge in [-0.3, -0.25) is 25.0 Å². The predicted octanol–water partition coefficient (Wildman–Crippen LogP) is 2.76. The lowest BCUT2D eigenvalue weighted by Crippen LogP contribution is -2.14. The van der Waals surface area contributed by atoms with E-state index in [1.54, 1.807) is 6.92 Å². The number of nitro benzene ring substituents is 2. The minimum absolute atomic E-state index is 0.0292. The van der Waals surface area contributed by atoms with Crippen LogP contribution in [-0.2, 0) is 0 Å². The van der Waals surface area contributed by atoms with Crippen LogP contribution in [0.15, 0.2) is 36.4 Å². The smallest absolute Gasteiger partial charge is 0.335 e. The molecular weight excluding hydrogens is 334 g/mol. The van der Waals surface area contributed by atoms with Crippen LogP contribution in [0.5, 0.6) is 0 Å². The van der Waals surface area contributed by atoms with Gasteiger partial charge in [0.15, 0.2) is 0 Å². The van der Waals surface area contributed by atoms with Crippen LogP contribution in [0.2, 0.25) is 0 Å². The number of hydrogen-bond acceptors (Lipinski definition) is 6. The molecule has 0 radical (unpaired) electrons. The fraction of sp³-hybridized carbons (Fsp3) is 0.0667. The van der Waals surface area contributed by atoms with Crippen molar-refractivity contribution in [1.82, 2.24) is 0 Å². The summed E-state index contributed by atoms with van der Waals surface area (Å²) < 4.78 is 0. The molecule has 0 unspecified atom stereocenters. The van der Waals surface area contributed by atoms with Gasteiger partial charge in [0.25, 0.3) is 17.3 Å². The third-order valence-corrected chi connectivity index (χ3v) is 3.31. The van der Waals surface area contributed by atoms with E-state index < -0.39 is 33.1 Å². The van der Waals surface area contributed by atoms with Gasteiger partial charge in [-0.15, -0.1) is 0 Å². The number of nitrogens with zero attached hydrogens (tertiary/aromatic N) is 2. The predicted molar refractivity (Wildman–Crippen MR) is 85.8 cm³/mol. The number of nitro groups is 2. The second-order valence-corrected chi connectivity index (χ2v) is 5.04. The highest BCUT2D eigenvalue weighted by Gasteiger charge is 2.20. The number of aromatic carboxylic acids is 1. The number of benzene rings is 2. The second kappa shape index (κ2) is 6.74. The summed E-state index contributed by atoms with van der Waals surface area (Å²) in [6, 6.07) is 6.58. The lowest BCUT2D eigenvalue weighted by molar-refractivity contribution is -0.394. The molecule has 0 bridgehead atoms. The molecule has 0 saturated heterocycles. The van der Waals surface area contributed by atoms with Gasteiger partial charge in [0.2, 0.25) is 0 Å². The van der Waals surface area contributed by atoms with Crippen molar-refractivity contribution in [2.24, 2.45) is 0 Å². The molecule has 0 spiro atoms. The van der Waals surface area contributed by atoms with Crippen molar-refractivity contribution < 1.29 is 24.5 Å². The van der Waals surface area contributed by atoms with E-state index in [0.717, 1.165) is 18.2 Å². The molecule has 10 nitrogen and oxygen atoms in total. The highest BCUT2D eigenvalue weighted by molar-refractivity contribution is 6.05. The molecule has 2 N–H and O–H groups in total. The van der Waals surface area contributed by atoms with E-state index in [1.807, 2.05) is 0 Å². The molecule has 2 aromatic carbocycles. The first-order valence-corrected chi connectivity index (χ1v) is 6.78. The van der Waals surface area contributed by atoms with Gasteiger partial charge in [-0.1, -0.05) is 0 Å². The molecule has 0 aliphatic carbocycles. The molecule has 0 heterocycles. The third-order valence-electron chi connectivity index (χ3n) is 3.31. The molecule has 0 saturated carbocycles. The monoisotopic (exact) mass is 345 g/mol. The molecule has 2 aromatic rings. The number of non-ortho nitro benzene ring substituents is 2. The van der Waals surface area contributed by atoms with Gasteiger partial charge in [-0.25, -0.2) is 4.79 Å². The van der Waals surface area contributed by atoms with E-state index in [1.165, 1.54) is 18.2 Å². The Balaban J connectivity index is 2.36. The van der Waals surface area contributed by atoms with E-state index in [2.05, 4.69) is 5.32 Å². The summed E-state index contributed by atoms with van der Waals surface area (Å²) in [5.74, 6) is -1.92. The lowest BCUT2D eigenvalue weighted by atomic mass is 10.1. The lowest BCUT2D eigenvalue weighted by Gasteiger charge is -2.09. The average molecular weight is 345 g/mol. The fourth-order valence-electron chi connectivity index (χ4n) is 2.07. The standard InChI is InChI=1S/C15H11N3O7/c1-8-4-9(15(20)21)2-3-13(8)16-14(19)10-5-11(17(22)23)7-12(6-10)18(24)25/h2-7H,1H3,(H,16,19)(H,20,21). The first-order chi connectivity index (χ1) is 11.7. The van der Waals surface area contributed by atoms with Crippen molar-refractivity contribution in [3.05, 3.63) is 73.3 Å². The van der Waals surface area contributed by atoms with Gasteiger partial charge in [0.1, 0.15) is 0 Å². The zero-order valence-electron chi connectivity index (χ0n) is 12.8. The van der Waals surface area contributed by atoms with Crippen molar-refractivity contribution in [3.8, 4) is 0 Å². The van der Waals surface area contributed by atoms with Crippen LogP contribution in [-0.4, -0.2) is 26.8 Å². The Hall–Kier alpha value is -3.82. The molecule has 0 atom stereocenters. The summed E-state index contributed by atoms with van der Waals surface area (Å²) in [6.45, 7) is 1.57. The Kier molecular flexibility index (Phi) is 4.73. The van der Waals surface area contributed by atoms with Crippen LogP contribution >= 0.6 is 0 Å². The quantitative estimate of drug-likeness (QED) is 0.624. The summed E-state index contributed by atoms with van der Waals surface area (Å²) in [5.41, 5.74) is -0.670. The highest BCUT2D eigenvalue weighted by Crippen LogP contribution is 2.24. The Labute approximate surface area is 140 Å². The van der Waals surface area contributed by atoms with Crippen LogP contribution < -0.4 is 5.32 Å². The average Bonchev–Trinajstić information content (AvgIpc) is 2.55. The summed E-state index contributed by atoms with van der Waals surface area (Å²) in [7, 11) is 0. The number of rotatable bonds is 5. The van der Waals surface area contributed by atoms with Crippen LogP contribution in [0.4, 0.5) is 17.1 Å². The molecule has 0 aliphatic heterocycles. The zero-order valence-corrected chi connectivity index (χ0v) is 12.8. The molecule has 128 valence electrons. The number of amides is 1. The largest absolute Gasteiger partial charge is 0.478 e. The highest BCUT2D eigenvalue weighted by atomic mass is 16.6. The Morgan fingerprint density at radius 1 is 0.960 bits per heavy atom. The van der Waals surface area contributed by atoms with E-state index >= 15 is 0 Å². The molecular formula is C15H11N3O7. The summed E-state index contributed by atoms with van der Waals surface area (Å²) in [4.78, 5) is 43.2. The van der Waals surface area contributed by atoms with E-state index in [4.69, 9.17) is 5.11 Å². The zero-order chi connectivity index (χ0) is 18.7. The molecule has 0 aliphatic rings.